The number of hydrogen-bond donors (Lipinski definition) is 2. The van der Waals surface area contributed by atoms with Crippen molar-refractivity contribution in [3.63, 3.8) is 0 Å². The van der Waals surface area contributed by atoms with Gasteiger partial charge in [-0.25, -0.2) is 13.2 Å². The number of aliphatic hydroxyl groups is 1. The Balaban J connectivity index is 4.66. The Labute approximate surface area is 161 Å². The summed E-state index contributed by atoms with van der Waals surface area (Å²) in [6.07, 6.45) is -3.09. The zero-order valence-electron chi connectivity index (χ0n) is 16.0. The molecule has 0 amide bonds. The largest absolute Gasteiger partial charge is 0.425 e. The maximum Gasteiger partial charge on any atom is 0.338 e. The third-order valence-corrected chi connectivity index (χ3v) is 5.29. The molecule has 0 saturated heterocycles. The Kier molecular flexibility index (Phi) is 10.4. The van der Waals surface area contributed by atoms with Gasteiger partial charge in [-0.2, -0.15) is 8.42 Å². The van der Waals surface area contributed by atoms with Gasteiger partial charge in [0.25, 0.3) is 10.1 Å². The van der Waals surface area contributed by atoms with E-state index in [9.17, 15) is 31.5 Å². The first kappa shape index (κ1) is 25.8. The molecule has 0 bridgehead atoms. The smallest absolute Gasteiger partial charge is 0.338 e. The number of aliphatic hydroxyl groups excluding tert-OH is 1. The van der Waals surface area contributed by atoms with E-state index in [2.05, 4.69) is 0 Å². The molecule has 0 fully saturated rings. The molecule has 2 atom stereocenters. The molecule has 0 aromatic carbocycles. The van der Waals surface area contributed by atoms with Gasteiger partial charge in [0.2, 0.25) is 6.29 Å². The molecular formula is C15H28O10S2. The van der Waals surface area contributed by atoms with Crippen LogP contribution in [0.4, 0.5) is 0 Å². The molecule has 12 heteroatoms. The van der Waals surface area contributed by atoms with Crippen molar-refractivity contribution in [1.29, 1.82) is 0 Å². The summed E-state index contributed by atoms with van der Waals surface area (Å²) < 4.78 is 58.8. The average Bonchev–Trinajstić information content (AvgIpc) is 2.51. The van der Waals surface area contributed by atoms with Crippen molar-refractivity contribution >= 4 is 32.8 Å². The minimum atomic E-state index is -4.02. The molecule has 0 aliphatic rings. The summed E-state index contributed by atoms with van der Waals surface area (Å²) >= 11 is 0. The van der Waals surface area contributed by atoms with Gasteiger partial charge >= 0.3 is 11.9 Å². The molecule has 27 heavy (non-hydrogen) atoms. The second kappa shape index (κ2) is 10.9. The number of carbonyl (C=O) groups excluding carboxylic acids is 2. The summed E-state index contributed by atoms with van der Waals surface area (Å²) in [5.41, 5.74) is -1.34. The molecule has 0 aliphatic carbocycles. The summed E-state index contributed by atoms with van der Waals surface area (Å²) in [6.45, 7) is 6.74. The molecule has 10 nitrogen and oxygen atoms in total. The fourth-order valence-corrected chi connectivity index (χ4v) is 3.35. The van der Waals surface area contributed by atoms with Gasteiger partial charge in [0, 0.05) is 18.1 Å². The molecule has 1 N–H and O–H groups in total. The van der Waals surface area contributed by atoms with Gasteiger partial charge in [0.1, 0.15) is 10.7 Å². The van der Waals surface area contributed by atoms with Crippen LogP contribution in [0.15, 0.2) is 0 Å². The number of rotatable bonds is 12. The van der Waals surface area contributed by atoms with Gasteiger partial charge in [-0.15, -0.1) is 0 Å². The van der Waals surface area contributed by atoms with E-state index in [1.54, 1.807) is 13.8 Å². The zero-order chi connectivity index (χ0) is 21.4. The Bertz CT molecular complexity index is 671. The topological polar surface area (TPSA) is 150 Å². The molecule has 0 rings (SSSR count). The van der Waals surface area contributed by atoms with Crippen LogP contribution in [0.1, 0.15) is 41.0 Å². The highest BCUT2D eigenvalue weighted by molar-refractivity contribution is 7.86. The van der Waals surface area contributed by atoms with E-state index in [1.165, 1.54) is 20.8 Å². The summed E-state index contributed by atoms with van der Waals surface area (Å²) in [7, 11) is -6.70. The molecule has 0 aromatic heterocycles. The summed E-state index contributed by atoms with van der Waals surface area (Å²) in [4.78, 5) is 23.4. The third kappa shape index (κ3) is 10.6. The maximum absolute atomic E-state index is 12.0. The van der Waals surface area contributed by atoms with E-state index in [4.69, 9.17) is 13.7 Å². The van der Waals surface area contributed by atoms with Crippen LogP contribution < -0.4 is 0 Å². The van der Waals surface area contributed by atoms with E-state index in [0.717, 1.165) is 0 Å². The lowest BCUT2D eigenvalue weighted by Gasteiger charge is -2.29. The van der Waals surface area contributed by atoms with Gasteiger partial charge in [-0.3, -0.25) is 8.98 Å². The third-order valence-electron chi connectivity index (χ3n) is 3.34. The molecule has 0 saturated carbocycles. The van der Waals surface area contributed by atoms with Gasteiger partial charge in [0.05, 0.1) is 18.3 Å². The number of esters is 2. The van der Waals surface area contributed by atoms with Crippen LogP contribution >= 0.6 is 0 Å². The maximum atomic E-state index is 12.0. The SMILES string of the molecule is CC(OC(=O)C(C)C)OC(=O)[C@@H](O)C(C)(C)COS(=O)(=O)CCC[SH](=O)=O. The number of ether oxygens (including phenoxy) is 2. The molecular weight excluding hydrogens is 404 g/mol. The Morgan fingerprint density at radius 3 is 2.07 bits per heavy atom. The van der Waals surface area contributed by atoms with E-state index in [0.29, 0.717) is 0 Å². The van der Waals surface area contributed by atoms with Crippen molar-refractivity contribution in [2.45, 2.75) is 53.4 Å². The normalized spacial score (nSPS) is 14.8. The first-order chi connectivity index (χ1) is 12.2. The lowest BCUT2D eigenvalue weighted by atomic mass is 9.88. The van der Waals surface area contributed by atoms with Crippen molar-refractivity contribution < 1.29 is 45.2 Å². The van der Waals surface area contributed by atoms with Crippen LogP contribution in [-0.4, -0.2) is 64.4 Å². The quantitative estimate of drug-likeness (QED) is 0.184. The number of carbonyl (C=O) groups is 2. The van der Waals surface area contributed by atoms with Crippen molar-refractivity contribution in [3.8, 4) is 0 Å². The van der Waals surface area contributed by atoms with Crippen LogP contribution in [0.25, 0.3) is 0 Å². The Morgan fingerprint density at radius 2 is 1.59 bits per heavy atom. The molecule has 0 aliphatic heterocycles. The second-order valence-electron chi connectivity index (χ2n) is 6.92. The van der Waals surface area contributed by atoms with Crippen molar-refractivity contribution in [3.05, 3.63) is 0 Å². The second-order valence-corrected chi connectivity index (χ2v) is 9.79. The molecule has 1 unspecified atom stereocenters. The predicted octanol–water partition coefficient (Wildman–Crippen LogP) is -0.190. The van der Waals surface area contributed by atoms with Gasteiger partial charge < -0.3 is 14.6 Å². The first-order valence-electron chi connectivity index (χ1n) is 8.26. The fourth-order valence-electron chi connectivity index (χ4n) is 1.62. The van der Waals surface area contributed by atoms with Crippen LogP contribution in [0.5, 0.6) is 0 Å². The minimum Gasteiger partial charge on any atom is -0.425 e. The lowest BCUT2D eigenvalue weighted by Crippen LogP contribution is -2.43. The Morgan fingerprint density at radius 1 is 1.07 bits per heavy atom. The van der Waals surface area contributed by atoms with Crippen molar-refractivity contribution in [1.82, 2.24) is 0 Å². The highest BCUT2D eigenvalue weighted by Gasteiger charge is 2.37. The standard InChI is InChI=1S/C15H28O10S2/c1-10(2)13(17)24-11(3)25-14(18)12(16)15(4,5)9-23-27(21,22)8-6-7-26(19)20/h10-12,16,26H,6-9H2,1-5H3/t11?,12-/m1/s1. The van der Waals surface area contributed by atoms with Gasteiger partial charge in [-0.05, 0) is 6.42 Å². The molecule has 0 heterocycles. The van der Waals surface area contributed by atoms with E-state index in [1.807, 2.05) is 0 Å². The summed E-state index contributed by atoms with van der Waals surface area (Å²) in [5.74, 6) is -2.91. The van der Waals surface area contributed by atoms with E-state index < -0.39 is 68.8 Å². The molecule has 0 spiro atoms. The summed E-state index contributed by atoms with van der Waals surface area (Å²) in [6, 6.07) is 0. The zero-order valence-corrected chi connectivity index (χ0v) is 17.7. The predicted molar refractivity (Wildman–Crippen MR) is 95.8 cm³/mol. The molecule has 0 radical (unpaired) electrons. The minimum absolute atomic E-state index is 0.120. The van der Waals surface area contributed by atoms with Gasteiger partial charge in [-0.1, -0.05) is 27.7 Å². The van der Waals surface area contributed by atoms with Crippen LogP contribution in [0.2, 0.25) is 0 Å². The fraction of sp³-hybridized carbons (Fsp3) is 0.867. The number of thiol groups is 1. The first-order valence-corrected chi connectivity index (χ1v) is 11.2. The number of hydrogen-bond acceptors (Lipinski definition) is 10. The molecule has 160 valence electrons. The average molecular weight is 433 g/mol. The van der Waals surface area contributed by atoms with Crippen LogP contribution in [0, 0.1) is 11.3 Å². The van der Waals surface area contributed by atoms with Crippen LogP contribution in [-0.2, 0) is 44.1 Å². The van der Waals surface area contributed by atoms with E-state index >= 15 is 0 Å². The van der Waals surface area contributed by atoms with Crippen molar-refractivity contribution in [2.24, 2.45) is 11.3 Å². The highest BCUT2D eigenvalue weighted by atomic mass is 32.2. The van der Waals surface area contributed by atoms with Crippen LogP contribution in [0.3, 0.4) is 0 Å². The summed E-state index contributed by atoms with van der Waals surface area (Å²) in [5, 5.41) is 10.1. The Hall–Kier alpha value is -1.24. The molecule has 0 aromatic rings. The van der Waals surface area contributed by atoms with Gasteiger partial charge in [0.15, 0.2) is 6.10 Å². The lowest BCUT2D eigenvalue weighted by molar-refractivity contribution is -0.196. The van der Waals surface area contributed by atoms with Crippen molar-refractivity contribution in [2.75, 3.05) is 18.1 Å². The van der Waals surface area contributed by atoms with E-state index in [-0.39, 0.29) is 12.2 Å². The highest BCUT2D eigenvalue weighted by Crippen LogP contribution is 2.24. The monoisotopic (exact) mass is 432 g/mol.